The number of halogens is 1. The van der Waals surface area contributed by atoms with Crippen molar-refractivity contribution in [2.24, 2.45) is 0 Å². The van der Waals surface area contributed by atoms with E-state index in [1.54, 1.807) is 13.0 Å². The molecule has 0 aliphatic carbocycles. The second-order valence-electron chi connectivity index (χ2n) is 5.82. The second kappa shape index (κ2) is 8.09. The van der Waals surface area contributed by atoms with Gasteiger partial charge in [0.2, 0.25) is 0 Å². The van der Waals surface area contributed by atoms with Crippen molar-refractivity contribution in [1.29, 1.82) is 0 Å². The van der Waals surface area contributed by atoms with Gasteiger partial charge in [0.05, 0.1) is 10.7 Å². The number of benzene rings is 2. The molecule has 0 aliphatic rings. The maximum atomic E-state index is 13.2. The van der Waals surface area contributed by atoms with Crippen LogP contribution in [0.1, 0.15) is 21.6 Å². The molecular formula is C20H17FN2O3S. The average molecular weight is 384 g/mol. The first-order valence-electron chi connectivity index (χ1n) is 8.24. The summed E-state index contributed by atoms with van der Waals surface area (Å²) in [6.07, 6.45) is -1.05. The Morgan fingerprint density at radius 1 is 1.15 bits per heavy atom. The number of anilines is 1. The molecule has 0 saturated heterocycles. The molecule has 0 bridgehead atoms. The van der Waals surface area contributed by atoms with E-state index in [9.17, 15) is 14.0 Å². The standard InChI is InChI=1S/C20H17FN2O3S/c1-12(19(24)23-16-10-6-9-15(21)11-16)26-20(25)18-17(22-13(2)27-18)14-7-4-3-5-8-14/h3-12H,1-2H3,(H,23,24)/t12-/m0/s1. The lowest BCUT2D eigenvalue weighted by atomic mass is 10.1. The van der Waals surface area contributed by atoms with Gasteiger partial charge >= 0.3 is 5.97 Å². The number of amides is 1. The predicted octanol–water partition coefficient (Wildman–Crippen LogP) is 4.44. The number of hydrogen-bond donors (Lipinski definition) is 1. The fourth-order valence-electron chi connectivity index (χ4n) is 2.43. The normalized spacial score (nSPS) is 11.7. The Balaban J connectivity index is 1.73. The molecule has 5 nitrogen and oxygen atoms in total. The molecule has 7 heteroatoms. The molecule has 1 atom stereocenters. The van der Waals surface area contributed by atoms with Crippen LogP contribution in [0.2, 0.25) is 0 Å². The van der Waals surface area contributed by atoms with E-state index < -0.39 is 23.8 Å². The van der Waals surface area contributed by atoms with Gasteiger partial charge in [0, 0.05) is 11.3 Å². The molecular weight excluding hydrogens is 367 g/mol. The highest BCUT2D eigenvalue weighted by Crippen LogP contribution is 2.29. The first-order valence-corrected chi connectivity index (χ1v) is 9.06. The van der Waals surface area contributed by atoms with Gasteiger partial charge in [-0.1, -0.05) is 36.4 Å². The Morgan fingerprint density at radius 2 is 1.89 bits per heavy atom. The number of carbonyl (C=O) groups excluding carboxylic acids is 2. The van der Waals surface area contributed by atoms with Gasteiger partial charge in [0.1, 0.15) is 10.7 Å². The van der Waals surface area contributed by atoms with Crippen molar-refractivity contribution in [3.05, 3.63) is 70.3 Å². The second-order valence-corrected chi connectivity index (χ2v) is 7.03. The van der Waals surface area contributed by atoms with Crippen molar-refractivity contribution in [3.63, 3.8) is 0 Å². The zero-order valence-electron chi connectivity index (χ0n) is 14.7. The number of nitrogens with one attached hydrogen (secondary N) is 1. The van der Waals surface area contributed by atoms with Crippen molar-refractivity contribution in [1.82, 2.24) is 4.98 Å². The zero-order valence-corrected chi connectivity index (χ0v) is 15.5. The van der Waals surface area contributed by atoms with Crippen LogP contribution in [0, 0.1) is 12.7 Å². The molecule has 3 aromatic rings. The largest absolute Gasteiger partial charge is 0.448 e. The van der Waals surface area contributed by atoms with Crippen LogP contribution in [0.15, 0.2) is 54.6 Å². The molecule has 1 N–H and O–H groups in total. The van der Waals surface area contributed by atoms with Crippen LogP contribution in [0.25, 0.3) is 11.3 Å². The SMILES string of the molecule is Cc1nc(-c2ccccc2)c(C(=O)O[C@@H](C)C(=O)Nc2cccc(F)c2)s1. The highest BCUT2D eigenvalue weighted by molar-refractivity contribution is 7.14. The topological polar surface area (TPSA) is 68.3 Å². The van der Waals surface area contributed by atoms with E-state index in [0.29, 0.717) is 16.3 Å². The van der Waals surface area contributed by atoms with E-state index in [1.165, 1.54) is 36.5 Å². The van der Waals surface area contributed by atoms with Crippen molar-refractivity contribution >= 4 is 28.9 Å². The van der Waals surface area contributed by atoms with Crippen LogP contribution >= 0.6 is 11.3 Å². The maximum absolute atomic E-state index is 13.2. The smallest absolute Gasteiger partial charge is 0.351 e. The summed E-state index contributed by atoms with van der Waals surface area (Å²) in [7, 11) is 0. The van der Waals surface area contributed by atoms with Gasteiger partial charge in [0.15, 0.2) is 6.10 Å². The Kier molecular flexibility index (Phi) is 5.61. The Morgan fingerprint density at radius 3 is 2.59 bits per heavy atom. The molecule has 138 valence electrons. The fourth-order valence-corrected chi connectivity index (χ4v) is 3.26. The van der Waals surface area contributed by atoms with Gasteiger partial charge in [-0.05, 0) is 32.0 Å². The third-order valence-electron chi connectivity index (χ3n) is 3.71. The van der Waals surface area contributed by atoms with Gasteiger partial charge < -0.3 is 10.1 Å². The van der Waals surface area contributed by atoms with Crippen molar-refractivity contribution in [2.75, 3.05) is 5.32 Å². The molecule has 0 unspecified atom stereocenters. The Bertz CT molecular complexity index is 972. The average Bonchev–Trinajstić information content (AvgIpc) is 3.04. The predicted molar refractivity (Wildman–Crippen MR) is 102 cm³/mol. The molecule has 0 fully saturated rings. The van der Waals surface area contributed by atoms with E-state index in [2.05, 4.69) is 10.3 Å². The number of nitrogens with zero attached hydrogens (tertiary/aromatic N) is 1. The van der Waals surface area contributed by atoms with Crippen LogP contribution in [-0.2, 0) is 9.53 Å². The maximum Gasteiger partial charge on any atom is 0.351 e. The molecule has 0 radical (unpaired) electrons. The van der Waals surface area contributed by atoms with Crippen molar-refractivity contribution in [2.45, 2.75) is 20.0 Å². The first-order chi connectivity index (χ1) is 12.9. The van der Waals surface area contributed by atoms with Crippen LogP contribution in [0.5, 0.6) is 0 Å². The quantitative estimate of drug-likeness (QED) is 0.660. The van der Waals surface area contributed by atoms with E-state index in [1.807, 2.05) is 30.3 Å². The lowest BCUT2D eigenvalue weighted by molar-refractivity contribution is -0.123. The summed E-state index contributed by atoms with van der Waals surface area (Å²) < 4.78 is 18.5. The number of hydrogen-bond acceptors (Lipinski definition) is 5. The lowest BCUT2D eigenvalue weighted by Gasteiger charge is -2.13. The van der Waals surface area contributed by atoms with Crippen molar-refractivity contribution in [3.8, 4) is 11.3 Å². The van der Waals surface area contributed by atoms with Gasteiger partial charge in [-0.25, -0.2) is 14.2 Å². The minimum Gasteiger partial charge on any atom is -0.448 e. The van der Waals surface area contributed by atoms with Crippen molar-refractivity contribution < 1.29 is 18.7 Å². The number of aryl methyl sites for hydroxylation is 1. The Labute approximate surface area is 159 Å². The van der Waals surface area contributed by atoms with E-state index >= 15 is 0 Å². The van der Waals surface area contributed by atoms with E-state index in [0.717, 1.165) is 10.6 Å². The molecule has 1 aromatic heterocycles. The molecule has 1 amide bonds. The summed E-state index contributed by atoms with van der Waals surface area (Å²) >= 11 is 1.21. The van der Waals surface area contributed by atoms with Gasteiger partial charge in [0.25, 0.3) is 5.91 Å². The summed E-state index contributed by atoms with van der Waals surface area (Å²) in [5, 5.41) is 3.24. The monoisotopic (exact) mass is 384 g/mol. The first kappa shape index (κ1) is 18.7. The molecule has 3 rings (SSSR count). The van der Waals surface area contributed by atoms with Crippen LogP contribution in [-0.4, -0.2) is 23.0 Å². The number of ether oxygens (including phenoxy) is 1. The summed E-state index contributed by atoms with van der Waals surface area (Å²) in [6, 6.07) is 14.8. The summed E-state index contributed by atoms with van der Waals surface area (Å²) in [5.74, 6) is -1.64. The number of thiazole rings is 1. The molecule has 0 saturated carbocycles. The number of esters is 1. The van der Waals surface area contributed by atoms with Crippen LogP contribution in [0.4, 0.5) is 10.1 Å². The zero-order chi connectivity index (χ0) is 19.4. The number of rotatable bonds is 5. The van der Waals surface area contributed by atoms with Gasteiger partial charge in [-0.3, -0.25) is 4.79 Å². The minimum absolute atomic E-state index is 0.293. The van der Waals surface area contributed by atoms with Crippen LogP contribution < -0.4 is 5.32 Å². The summed E-state index contributed by atoms with van der Waals surface area (Å²) in [5.41, 5.74) is 1.62. The highest BCUT2D eigenvalue weighted by Gasteiger charge is 2.24. The number of carbonyl (C=O) groups is 2. The number of aromatic nitrogens is 1. The Hall–Kier alpha value is -3.06. The third-order valence-corrected chi connectivity index (χ3v) is 4.66. The molecule has 0 spiro atoms. The highest BCUT2D eigenvalue weighted by atomic mass is 32.1. The molecule has 2 aromatic carbocycles. The van der Waals surface area contributed by atoms with Crippen LogP contribution in [0.3, 0.4) is 0 Å². The summed E-state index contributed by atoms with van der Waals surface area (Å²) in [4.78, 5) is 29.6. The fraction of sp³-hybridized carbons (Fsp3) is 0.150. The third kappa shape index (κ3) is 4.57. The lowest BCUT2D eigenvalue weighted by Crippen LogP contribution is -2.30. The molecule has 1 heterocycles. The molecule has 27 heavy (non-hydrogen) atoms. The molecule has 0 aliphatic heterocycles. The van der Waals surface area contributed by atoms with Gasteiger partial charge in [-0.2, -0.15) is 0 Å². The van der Waals surface area contributed by atoms with E-state index in [-0.39, 0.29) is 0 Å². The van der Waals surface area contributed by atoms with Gasteiger partial charge in [-0.15, -0.1) is 11.3 Å². The van der Waals surface area contributed by atoms with E-state index in [4.69, 9.17) is 4.74 Å². The minimum atomic E-state index is -1.05. The summed E-state index contributed by atoms with van der Waals surface area (Å²) in [6.45, 7) is 3.26.